The molecule has 0 amide bonds. The Balaban J connectivity index is 0.00000253. The third-order valence-corrected chi connectivity index (χ3v) is 7.47. The molecule has 1 saturated heterocycles. The molecule has 0 spiro atoms. The quantitative estimate of drug-likeness (QED) is 0.430. The molecular formula is C23H24ClN5O5S. The molecule has 0 radical (unpaired) electrons. The Morgan fingerprint density at radius 1 is 1.14 bits per heavy atom. The number of fused-ring (bicyclic) bond motifs is 2. The van der Waals surface area contributed by atoms with Crippen LogP contribution in [0.4, 0.5) is 0 Å². The van der Waals surface area contributed by atoms with Crippen molar-refractivity contribution in [3.05, 3.63) is 56.8 Å². The van der Waals surface area contributed by atoms with Crippen molar-refractivity contribution in [2.45, 2.75) is 38.8 Å². The second kappa shape index (κ2) is 9.48. The lowest BCUT2D eigenvalue weighted by Gasteiger charge is -2.24. The first-order chi connectivity index (χ1) is 16.6. The predicted molar refractivity (Wildman–Crippen MR) is 133 cm³/mol. The van der Waals surface area contributed by atoms with Gasteiger partial charge in [0.2, 0.25) is 12.7 Å². The monoisotopic (exact) mass is 517 g/mol. The molecule has 6 rings (SSSR count). The number of rotatable bonds is 5. The van der Waals surface area contributed by atoms with Crippen molar-refractivity contribution in [1.29, 1.82) is 0 Å². The molecular weight excluding hydrogens is 494 g/mol. The molecule has 12 heteroatoms. The molecule has 0 unspecified atom stereocenters. The van der Waals surface area contributed by atoms with E-state index in [1.165, 1.54) is 15.9 Å². The highest BCUT2D eigenvalue weighted by Crippen LogP contribution is 2.39. The van der Waals surface area contributed by atoms with Crippen LogP contribution in [0.2, 0.25) is 0 Å². The van der Waals surface area contributed by atoms with E-state index in [1.807, 2.05) is 31.2 Å². The SMILES string of the molecule is CCc1noc(Cn2c(=O)n(C3CCNCC3)c(=O)c3sc(-c4ccc5c(c4)OCO5)cc32)n1.Cl. The lowest BCUT2D eigenvalue weighted by molar-refractivity contribution is 0.174. The van der Waals surface area contributed by atoms with E-state index in [9.17, 15) is 9.59 Å². The van der Waals surface area contributed by atoms with E-state index >= 15 is 0 Å². The number of aryl methyl sites for hydroxylation is 1. The van der Waals surface area contributed by atoms with Gasteiger partial charge < -0.3 is 19.3 Å². The second-order valence-corrected chi connectivity index (χ2v) is 9.43. The maximum absolute atomic E-state index is 13.7. The molecule has 0 saturated carbocycles. The van der Waals surface area contributed by atoms with Gasteiger partial charge in [-0.05, 0) is 55.8 Å². The Morgan fingerprint density at radius 3 is 2.71 bits per heavy atom. The van der Waals surface area contributed by atoms with Crippen LogP contribution in [-0.4, -0.2) is 39.2 Å². The van der Waals surface area contributed by atoms with Gasteiger partial charge in [0.05, 0.1) is 5.52 Å². The van der Waals surface area contributed by atoms with Gasteiger partial charge in [-0.3, -0.25) is 13.9 Å². The van der Waals surface area contributed by atoms with Crippen molar-refractivity contribution in [1.82, 2.24) is 24.6 Å². The molecule has 4 aromatic rings. The third kappa shape index (κ3) is 4.13. The first kappa shape index (κ1) is 23.6. The molecule has 10 nitrogen and oxygen atoms in total. The van der Waals surface area contributed by atoms with Crippen LogP contribution in [0.5, 0.6) is 11.5 Å². The van der Waals surface area contributed by atoms with Gasteiger partial charge in [-0.1, -0.05) is 12.1 Å². The summed E-state index contributed by atoms with van der Waals surface area (Å²) in [5.74, 6) is 2.28. The summed E-state index contributed by atoms with van der Waals surface area (Å²) in [6.07, 6.45) is 2.08. The average molecular weight is 518 g/mol. The van der Waals surface area contributed by atoms with Gasteiger partial charge in [0, 0.05) is 17.3 Å². The number of hydrogen-bond acceptors (Lipinski definition) is 9. The largest absolute Gasteiger partial charge is 0.454 e. The summed E-state index contributed by atoms with van der Waals surface area (Å²) in [6.45, 7) is 3.77. The van der Waals surface area contributed by atoms with Crippen LogP contribution in [0.25, 0.3) is 20.7 Å². The fourth-order valence-corrected chi connectivity index (χ4v) is 5.62. The number of nitrogens with zero attached hydrogens (tertiary/aromatic N) is 4. The Labute approximate surface area is 209 Å². The highest BCUT2D eigenvalue weighted by molar-refractivity contribution is 7.22. The molecule has 3 aromatic heterocycles. The first-order valence-corrected chi connectivity index (χ1v) is 12.1. The number of thiophene rings is 1. The fraction of sp³-hybridized carbons (Fsp3) is 0.391. The van der Waals surface area contributed by atoms with Crippen LogP contribution in [0.1, 0.15) is 37.5 Å². The minimum absolute atomic E-state index is 0. The number of aromatic nitrogens is 4. The smallest absolute Gasteiger partial charge is 0.332 e. The van der Waals surface area contributed by atoms with Crippen LogP contribution in [-0.2, 0) is 13.0 Å². The number of ether oxygens (including phenoxy) is 2. The van der Waals surface area contributed by atoms with E-state index in [-0.39, 0.29) is 43.0 Å². The number of hydrogen-bond donors (Lipinski definition) is 1. The lowest BCUT2D eigenvalue weighted by atomic mass is 10.1. The highest BCUT2D eigenvalue weighted by atomic mass is 35.5. The molecule has 5 heterocycles. The van der Waals surface area contributed by atoms with Crippen LogP contribution in [0.3, 0.4) is 0 Å². The molecule has 0 atom stereocenters. The number of piperidine rings is 1. The Hall–Kier alpha value is -3.15. The number of nitrogens with one attached hydrogen (secondary N) is 1. The van der Waals surface area contributed by atoms with Gasteiger partial charge in [-0.2, -0.15) is 4.98 Å². The van der Waals surface area contributed by atoms with Gasteiger partial charge in [-0.25, -0.2) is 4.79 Å². The van der Waals surface area contributed by atoms with Crippen molar-refractivity contribution < 1.29 is 14.0 Å². The normalized spacial score (nSPS) is 15.5. The number of halogens is 1. The molecule has 0 bridgehead atoms. The van der Waals surface area contributed by atoms with Crippen LogP contribution in [0, 0.1) is 0 Å². The van der Waals surface area contributed by atoms with Crippen LogP contribution in [0.15, 0.2) is 38.4 Å². The minimum atomic E-state index is -0.351. The van der Waals surface area contributed by atoms with E-state index in [4.69, 9.17) is 14.0 Å². The first-order valence-electron chi connectivity index (χ1n) is 11.3. The minimum Gasteiger partial charge on any atom is -0.454 e. The summed E-state index contributed by atoms with van der Waals surface area (Å²) in [7, 11) is 0. The zero-order valence-corrected chi connectivity index (χ0v) is 20.6. The van der Waals surface area contributed by atoms with Crippen molar-refractivity contribution in [2.24, 2.45) is 0 Å². The van der Waals surface area contributed by atoms with Gasteiger partial charge in [0.15, 0.2) is 17.3 Å². The van der Waals surface area contributed by atoms with Crippen molar-refractivity contribution in [3.8, 4) is 21.9 Å². The maximum Gasteiger partial charge on any atom is 0.332 e. The van der Waals surface area contributed by atoms with Crippen molar-refractivity contribution in [2.75, 3.05) is 19.9 Å². The van der Waals surface area contributed by atoms with E-state index in [0.29, 0.717) is 39.9 Å². The topological polar surface area (TPSA) is 113 Å². The lowest BCUT2D eigenvalue weighted by Crippen LogP contribution is -2.45. The standard InChI is InChI=1S/C23H23N5O5S.ClH/c1-2-19-25-20(33-26-19)11-27-15-10-18(13-3-4-16-17(9-13)32-12-31-16)34-21(15)22(29)28(23(27)30)14-5-7-24-8-6-14;/h3-4,9-10,14,24H,2,5-8,11-12H2,1H3;1H. The van der Waals surface area contributed by atoms with E-state index in [0.717, 1.165) is 36.4 Å². The molecule has 2 aliphatic rings. The second-order valence-electron chi connectivity index (χ2n) is 8.38. The summed E-state index contributed by atoms with van der Waals surface area (Å²) in [4.78, 5) is 32.5. The van der Waals surface area contributed by atoms with E-state index in [1.54, 1.807) is 4.57 Å². The molecule has 1 fully saturated rings. The predicted octanol–water partition coefficient (Wildman–Crippen LogP) is 2.96. The molecule has 35 heavy (non-hydrogen) atoms. The zero-order valence-electron chi connectivity index (χ0n) is 19.0. The van der Waals surface area contributed by atoms with Gasteiger partial charge in [0.1, 0.15) is 11.2 Å². The third-order valence-electron chi connectivity index (χ3n) is 6.30. The van der Waals surface area contributed by atoms with Gasteiger partial charge >= 0.3 is 5.69 Å². The zero-order chi connectivity index (χ0) is 23.2. The van der Waals surface area contributed by atoms with Crippen LogP contribution >= 0.6 is 23.7 Å². The Bertz CT molecular complexity index is 1500. The van der Waals surface area contributed by atoms with Crippen molar-refractivity contribution in [3.63, 3.8) is 0 Å². The van der Waals surface area contributed by atoms with Gasteiger partial charge in [0.25, 0.3) is 5.56 Å². The molecule has 1 N–H and O–H groups in total. The fourth-order valence-electron chi connectivity index (χ4n) is 4.53. The summed E-state index contributed by atoms with van der Waals surface area (Å²) in [6, 6.07) is 7.41. The number of benzene rings is 1. The summed E-state index contributed by atoms with van der Waals surface area (Å²) >= 11 is 1.37. The molecule has 0 aliphatic carbocycles. The van der Waals surface area contributed by atoms with Crippen molar-refractivity contribution >= 4 is 34.0 Å². The highest BCUT2D eigenvalue weighted by Gasteiger charge is 2.25. The maximum atomic E-state index is 13.7. The summed E-state index contributed by atoms with van der Waals surface area (Å²) < 4.78 is 19.8. The van der Waals surface area contributed by atoms with E-state index < -0.39 is 0 Å². The van der Waals surface area contributed by atoms with E-state index in [2.05, 4.69) is 15.5 Å². The summed E-state index contributed by atoms with van der Waals surface area (Å²) in [5.41, 5.74) is 0.855. The Morgan fingerprint density at radius 2 is 1.94 bits per heavy atom. The average Bonchev–Trinajstić information content (AvgIpc) is 3.61. The molecule has 1 aromatic carbocycles. The van der Waals surface area contributed by atoms with Crippen LogP contribution < -0.4 is 26.0 Å². The Kier molecular flexibility index (Phi) is 6.39. The molecule has 184 valence electrons. The summed E-state index contributed by atoms with van der Waals surface area (Å²) in [5, 5.41) is 7.25. The molecule has 2 aliphatic heterocycles. The van der Waals surface area contributed by atoms with Gasteiger partial charge in [-0.15, -0.1) is 23.7 Å².